The average Bonchev–Trinajstić information content (AvgIpc) is 2.97. The lowest BCUT2D eigenvalue weighted by atomic mass is 10.1. The fraction of sp³-hybridized carbons (Fsp3) is 0.105. The summed E-state index contributed by atoms with van der Waals surface area (Å²) in [4.78, 5) is 26.1. The van der Waals surface area contributed by atoms with E-state index in [0.717, 1.165) is 16.9 Å². The van der Waals surface area contributed by atoms with Gasteiger partial charge in [-0.3, -0.25) is 19.8 Å². The van der Waals surface area contributed by atoms with Gasteiger partial charge in [-0.1, -0.05) is 24.3 Å². The Morgan fingerprint density at radius 2 is 1.96 bits per heavy atom. The molecule has 1 aliphatic heterocycles. The first-order valence-corrected chi connectivity index (χ1v) is 8.16. The lowest BCUT2D eigenvalue weighted by molar-refractivity contribution is -0.128. The molecule has 1 aromatic heterocycles. The third-order valence-electron chi connectivity index (χ3n) is 3.88. The van der Waals surface area contributed by atoms with Crippen molar-refractivity contribution < 1.29 is 9.59 Å². The van der Waals surface area contributed by atoms with E-state index in [1.54, 1.807) is 12.2 Å². The van der Waals surface area contributed by atoms with Crippen LogP contribution in [-0.4, -0.2) is 32.9 Å². The van der Waals surface area contributed by atoms with Crippen molar-refractivity contribution in [1.82, 2.24) is 14.8 Å². The van der Waals surface area contributed by atoms with Crippen LogP contribution in [0.1, 0.15) is 11.3 Å². The Morgan fingerprint density at radius 3 is 2.64 bits per heavy atom. The monoisotopic (exact) mass is 351 g/mol. The van der Waals surface area contributed by atoms with Gasteiger partial charge < -0.3 is 4.57 Å². The second-order valence-corrected chi connectivity index (χ2v) is 6.03. The summed E-state index contributed by atoms with van der Waals surface area (Å²) in [6.45, 7) is 5.83. The summed E-state index contributed by atoms with van der Waals surface area (Å²) in [6, 6.07) is 11.8. The van der Waals surface area contributed by atoms with E-state index >= 15 is 0 Å². The summed E-state index contributed by atoms with van der Waals surface area (Å²) >= 11 is 5.05. The third-order valence-corrected chi connectivity index (χ3v) is 4.20. The van der Waals surface area contributed by atoms with Crippen LogP contribution in [0.5, 0.6) is 0 Å². The molecule has 1 N–H and O–H groups in total. The van der Waals surface area contributed by atoms with Crippen LogP contribution in [0, 0.1) is 6.92 Å². The molecule has 1 aliphatic rings. The molecule has 1 fully saturated rings. The van der Waals surface area contributed by atoms with E-state index in [9.17, 15) is 9.59 Å². The topological polar surface area (TPSA) is 54.3 Å². The highest BCUT2D eigenvalue weighted by Crippen LogP contribution is 2.19. The second-order valence-electron chi connectivity index (χ2n) is 5.64. The van der Waals surface area contributed by atoms with Crippen LogP contribution in [0.4, 0.5) is 0 Å². The number of nitrogens with zero attached hydrogens (tertiary/aromatic N) is 2. The largest absolute Gasteiger partial charge is 0.321 e. The molecule has 0 saturated carbocycles. The molecule has 126 valence electrons. The molecule has 5 nitrogen and oxygen atoms in total. The zero-order chi connectivity index (χ0) is 18.0. The number of carbonyl (C=O) groups excluding carboxylic acids is 2. The molecule has 0 atom stereocenters. The molecule has 2 aromatic rings. The van der Waals surface area contributed by atoms with Crippen molar-refractivity contribution in [1.29, 1.82) is 0 Å². The number of nitrogens with one attached hydrogen (secondary N) is 1. The van der Waals surface area contributed by atoms with E-state index in [0.29, 0.717) is 0 Å². The molecule has 0 aliphatic carbocycles. The van der Waals surface area contributed by atoms with Crippen LogP contribution in [-0.2, 0) is 9.59 Å². The number of aryl methyl sites for hydroxylation is 1. The molecule has 1 aromatic carbocycles. The van der Waals surface area contributed by atoms with Gasteiger partial charge in [-0.2, -0.15) is 0 Å². The van der Waals surface area contributed by atoms with Crippen molar-refractivity contribution in [2.75, 3.05) is 6.54 Å². The molecule has 25 heavy (non-hydrogen) atoms. The molecule has 0 unspecified atom stereocenters. The minimum absolute atomic E-state index is 0.0562. The number of para-hydroxylation sites is 1. The lowest BCUT2D eigenvalue weighted by Gasteiger charge is -2.27. The van der Waals surface area contributed by atoms with Gasteiger partial charge in [0, 0.05) is 24.1 Å². The normalized spacial score (nSPS) is 16.3. The Kier molecular flexibility index (Phi) is 4.63. The molecule has 2 amide bonds. The van der Waals surface area contributed by atoms with Gasteiger partial charge in [-0.15, -0.1) is 6.58 Å². The Morgan fingerprint density at radius 1 is 1.24 bits per heavy atom. The van der Waals surface area contributed by atoms with E-state index < -0.39 is 11.8 Å². The van der Waals surface area contributed by atoms with Crippen molar-refractivity contribution in [3.63, 3.8) is 0 Å². The zero-order valence-electron chi connectivity index (χ0n) is 13.7. The van der Waals surface area contributed by atoms with Crippen molar-refractivity contribution in [2.45, 2.75) is 6.92 Å². The summed E-state index contributed by atoms with van der Waals surface area (Å²) in [6.07, 6.45) is 5.04. The highest BCUT2D eigenvalue weighted by atomic mass is 32.1. The number of carbonyl (C=O) groups is 2. The smallest absolute Gasteiger partial charge is 0.265 e. The summed E-state index contributed by atoms with van der Waals surface area (Å²) < 4.78 is 2.00. The number of aromatic nitrogens is 1. The van der Waals surface area contributed by atoms with Gasteiger partial charge in [0.25, 0.3) is 11.8 Å². The van der Waals surface area contributed by atoms with E-state index in [2.05, 4.69) is 11.9 Å². The van der Waals surface area contributed by atoms with Gasteiger partial charge in [0.15, 0.2) is 5.11 Å². The molecular formula is C19H17N3O2S. The van der Waals surface area contributed by atoms with Crippen molar-refractivity contribution in [3.05, 3.63) is 72.1 Å². The van der Waals surface area contributed by atoms with E-state index in [1.165, 1.54) is 4.90 Å². The molecule has 2 heterocycles. The molecule has 3 rings (SSSR count). The van der Waals surface area contributed by atoms with Crippen LogP contribution < -0.4 is 5.32 Å². The van der Waals surface area contributed by atoms with Gasteiger partial charge in [0.2, 0.25) is 0 Å². The molecule has 0 bridgehead atoms. The minimum Gasteiger partial charge on any atom is -0.321 e. The maximum absolute atomic E-state index is 12.6. The molecule has 0 spiro atoms. The number of hydrogen-bond acceptors (Lipinski definition) is 3. The van der Waals surface area contributed by atoms with Gasteiger partial charge in [0.05, 0.1) is 0 Å². The van der Waals surface area contributed by atoms with Gasteiger partial charge in [0.1, 0.15) is 5.57 Å². The van der Waals surface area contributed by atoms with Crippen molar-refractivity contribution in [3.8, 4) is 5.69 Å². The van der Waals surface area contributed by atoms with E-state index in [4.69, 9.17) is 12.2 Å². The number of amides is 2. The molecule has 1 saturated heterocycles. The maximum atomic E-state index is 12.6. The number of hydrogen-bond donors (Lipinski definition) is 1. The van der Waals surface area contributed by atoms with Crippen molar-refractivity contribution in [2.24, 2.45) is 0 Å². The quantitative estimate of drug-likeness (QED) is 0.399. The first-order valence-electron chi connectivity index (χ1n) is 7.75. The Hall–Kier alpha value is -2.99. The van der Waals surface area contributed by atoms with Crippen LogP contribution in [0.3, 0.4) is 0 Å². The second kappa shape index (κ2) is 6.86. The fourth-order valence-electron chi connectivity index (χ4n) is 2.70. The Labute approximate surface area is 151 Å². The van der Waals surface area contributed by atoms with Crippen LogP contribution in [0.15, 0.2) is 60.8 Å². The van der Waals surface area contributed by atoms with Crippen LogP contribution in [0.2, 0.25) is 0 Å². The summed E-state index contributed by atoms with van der Waals surface area (Å²) in [5, 5.41) is 2.64. The van der Waals surface area contributed by atoms with Crippen molar-refractivity contribution >= 4 is 35.2 Å². The van der Waals surface area contributed by atoms with Gasteiger partial charge in [-0.05, 0) is 49.0 Å². The zero-order valence-corrected chi connectivity index (χ0v) is 14.5. The predicted octanol–water partition coefficient (Wildman–Crippen LogP) is 2.60. The van der Waals surface area contributed by atoms with E-state index in [-0.39, 0.29) is 17.2 Å². The summed E-state index contributed by atoms with van der Waals surface area (Å²) in [5.41, 5.74) is 2.84. The maximum Gasteiger partial charge on any atom is 0.265 e. The highest BCUT2D eigenvalue weighted by Gasteiger charge is 2.32. The molecule has 0 radical (unpaired) electrons. The van der Waals surface area contributed by atoms with Crippen LogP contribution in [0.25, 0.3) is 11.8 Å². The standard InChI is InChI=1S/C19H17N3O2S/c1-3-9-21-18(24)16(17(23)20-19(21)25)11-14-10-13(2)22(12-14)15-7-5-4-6-8-15/h3-8,10-12H,1,9H2,2H3,(H,20,23,25)/b16-11+. The minimum atomic E-state index is -0.486. The molecular weight excluding hydrogens is 334 g/mol. The molecule has 6 heteroatoms. The average molecular weight is 351 g/mol. The van der Waals surface area contributed by atoms with E-state index in [1.807, 2.05) is 54.1 Å². The number of thiocarbonyl (C=S) groups is 1. The first kappa shape index (κ1) is 16.9. The van der Waals surface area contributed by atoms with Gasteiger partial charge in [-0.25, -0.2) is 0 Å². The fourth-order valence-corrected chi connectivity index (χ4v) is 2.95. The first-order chi connectivity index (χ1) is 12.0. The SMILES string of the molecule is C=CCN1C(=O)/C(=C/c2cc(C)n(-c3ccccc3)c2)C(=O)NC1=S. The van der Waals surface area contributed by atoms with Crippen LogP contribution >= 0.6 is 12.2 Å². The predicted molar refractivity (Wildman–Crippen MR) is 101 cm³/mol. The van der Waals surface area contributed by atoms with Gasteiger partial charge >= 0.3 is 0 Å². The number of benzene rings is 1. The summed E-state index contributed by atoms with van der Waals surface area (Å²) in [5.74, 6) is -0.904. The Bertz CT molecular complexity index is 897. The number of rotatable bonds is 4. The summed E-state index contributed by atoms with van der Waals surface area (Å²) in [7, 11) is 0. The Balaban J connectivity index is 1.97. The highest BCUT2D eigenvalue weighted by molar-refractivity contribution is 7.80. The third kappa shape index (κ3) is 3.29. The lowest BCUT2D eigenvalue weighted by Crippen LogP contribution is -2.53.